The first-order chi connectivity index (χ1) is 12.8. The summed E-state index contributed by atoms with van der Waals surface area (Å²) in [5.41, 5.74) is 2.43. The van der Waals surface area contributed by atoms with Crippen LogP contribution >= 0.6 is 11.3 Å². The van der Waals surface area contributed by atoms with E-state index in [1.54, 1.807) is 23.5 Å². The van der Waals surface area contributed by atoms with Gasteiger partial charge in [0.15, 0.2) is 5.13 Å². The molecular weight excluding hydrogens is 356 g/mol. The van der Waals surface area contributed by atoms with Gasteiger partial charge in [-0.15, -0.1) is 11.3 Å². The zero-order chi connectivity index (χ0) is 19.4. The first-order valence-corrected chi connectivity index (χ1v) is 10.4. The van der Waals surface area contributed by atoms with Gasteiger partial charge in [-0.2, -0.15) is 0 Å². The molecule has 1 unspecified atom stereocenters. The molecule has 1 aromatic carbocycles. The Kier molecular flexibility index (Phi) is 6.00. The molecule has 0 saturated heterocycles. The number of carbonyl (C=O) groups is 1. The smallest absolute Gasteiger partial charge is 0.250 e. The van der Waals surface area contributed by atoms with Crippen LogP contribution in [0.2, 0.25) is 0 Å². The number of thiazole rings is 1. The van der Waals surface area contributed by atoms with E-state index in [0.717, 1.165) is 29.8 Å². The predicted octanol–water partition coefficient (Wildman–Crippen LogP) is 5.34. The molecule has 4 nitrogen and oxygen atoms in total. The number of anilines is 1. The van der Waals surface area contributed by atoms with Crippen molar-refractivity contribution in [2.75, 3.05) is 11.9 Å². The lowest BCUT2D eigenvalue weighted by Crippen LogP contribution is -2.26. The molecular formula is C22H28N2O2S. The van der Waals surface area contributed by atoms with Crippen molar-refractivity contribution in [1.29, 1.82) is 0 Å². The quantitative estimate of drug-likeness (QED) is 0.708. The highest BCUT2D eigenvalue weighted by molar-refractivity contribution is 7.15. The number of hydrogen-bond donors (Lipinski definition) is 1. The van der Waals surface area contributed by atoms with E-state index in [9.17, 15) is 4.79 Å². The zero-order valence-electron chi connectivity index (χ0n) is 16.5. The molecule has 144 valence electrons. The van der Waals surface area contributed by atoms with Crippen molar-refractivity contribution in [1.82, 2.24) is 4.98 Å². The van der Waals surface area contributed by atoms with Gasteiger partial charge in [0, 0.05) is 11.0 Å². The Balaban J connectivity index is 1.59. The lowest BCUT2D eigenvalue weighted by molar-refractivity contribution is -0.111. The number of carbonyl (C=O) groups excluding carboxylic acids is 1. The fourth-order valence-corrected chi connectivity index (χ4v) is 4.42. The van der Waals surface area contributed by atoms with E-state index in [4.69, 9.17) is 4.74 Å². The number of benzene rings is 1. The molecule has 1 amide bonds. The van der Waals surface area contributed by atoms with Crippen molar-refractivity contribution in [3.63, 3.8) is 0 Å². The van der Waals surface area contributed by atoms with Gasteiger partial charge in [-0.1, -0.05) is 32.9 Å². The number of aryl methyl sites for hydroxylation is 1. The number of nitrogens with one attached hydrogen (secondary N) is 1. The Bertz CT molecular complexity index is 816. The van der Waals surface area contributed by atoms with Crippen LogP contribution in [-0.4, -0.2) is 17.5 Å². The van der Waals surface area contributed by atoms with Crippen LogP contribution in [0.4, 0.5) is 5.13 Å². The highest BCUT2D eigenvalue weighted by Crippen LogP contribution is 2.40. The number of rotatable bonds is 5. The summed E-state index contributed by atoms with van der Waals surface area (Å²) in [6.45, 7) is 9.51. The number of ether oxygens (including phenoxy) is 1. The molecule has 27 heavy (non-hydrogen) atoms. The lowest BCUT2D eigenvalue weighted by Gasteiger charge is -2.33. The summed E-state index contributed by atoms with van der Waals surface area (Å²) < 4.78 is 5.42. The van der Waals surface area contributed by atoms with Crippen LogP contribution in [0.3, 0.4) is 0 Å². The maximum Gasteiger partial charge on any atom is 0.250 e. The molecule has 1 aliphatic rings. The second-order valence-electron chi connectivity index (χ2n) is 8.02. The highest BCUT2D eigenvalue weighted by Gasteiger charge is 2.30. The number of amides is 1. The summed E-state index contributed by atoms with van der Waals surface area (Å²) >= 11 is 1.62. The fraction of sp³-hybridized carbons (Fsp3) is 0.455. The third kappa shape index (κ3) is 5.19. The van der Waals surface area contributed by atoms with Crippen molar-refractivity contribution in [2.45, 2.75) is 47.0 Å². The molecule has 1 heterocycles. The van der Waals surface area contributed by atoms with Gasteiger partial charge in [0.05, 0.1) is 12.3 Å². The SMILES string of the molecule is CCOc1ccc(/C=C/C(=O)Nc2nc3c(s2)CC(C(C)(C)C)CC3)cc1. The minimum atomic E-state index is -0.151. The Morgan fingerprint density at radius 1 is 1.33 bits per heavy atom. The van der Waals surface area contributed by atoms with E-state index >= 15 is 0 Å². The van der Waals surface area contributed by atoms with Crippen molar-refractivity contribution >= 4 is 28.5 Å². The van der Waals surface area contributed by atoms with Crippen LogP contribution in [0.25, 0.3) is 6.08 Å². The van der Waals surface area contributed by atoms with Crippen LogP contribution in [-0.2, 0) is 17.6 Å². The molecule has 1 aromatic heterocycles. The van der Waals surface area contributed by atoms with E-state index < -0.39 is 0 Å². The predicted molar refractivity (Wildman–Crippen MR) is 112 cm³/mol. The minimum Gasteiger partial charge on any atom is -0.494 e. The van der Waals surface area contributed by atoms with Crippen molar-refractivity contribution in [3.05, 3.63) is 46.5 Å². The summed E-state index contributed by atoms with van der Waals surface area (Å²) in [4.78, 5) is 18.2. The Labute approximate surface area is 165 Å². The van der Waals surface area contributed by atoms with E-state index in [0.29, 0.717) is 23.1 Å². The topological polar surface area (TPSA) is 51.2 Å². The summed E-state index contributed by atoms with van der Waals surface area (Å²) in [6.07, 6.45) is 6.59. The maximum atomic E-state index is 12.2. The van der Waals surface area contributed by atoms with Crippen molar-refractivity contribution in [3.8, 4) is 5.75 Å². The molecule has 3 rings (SSSR count). The van der Waals surface area contributed by atoms with Crippen molar-refractivity contribution in [2.24, 2.45) is 11.3 Å². The standard InChI is InChI=1S/C22H28N2O2S/c1-5-26-17-10-6-15(7-11-17)8-13-20(25)24-21-23-18-12-9-16(22(2,3)4)14-19(18)27-21/h6-8,10-11,13,16H,5,9,12,14H2,1-4H3,(H,23,24,25)/b13-8+. The van der Waals surface area contributed by atoms with Gasteiger partial charge < -0.3 is 4.74 Å². The second-order valence-corrected chi connectivity index (χ2v) is 9.10. The van der Waals surface area contributed by atoms with Gasteiger partial charge in [0.25, 0.3) is 0 Å². The third-order valence-electron chi connectivity index (χ3n) is 5.01. The monoisotopic (exact) mass is 384 g/mol. The average Bonchev–Trinajstić information content (AvgIpc) is 3.02. The van der Waals surface area contributed by atoms with Gasteiger partial charge in [-0.25, -0.2) is 4.98 Å². The molecule has 2 aromatic rings. The number of fused-ring (bicyclic) bond motifs is 1. The fourth-order valence-electron chi connectivity index (χ4n) is 3.33. The maximum absolute atomic E-state index is 12.2. The Morgan fingerprint density at radius 3 is 2.74 bits per heavy atom. The van der Waals surface area contributed by atoms with E-state index in [1.807, 2.05) is 31.2 Å². The summed E-state index contributed by atoms with van der Waals surface area (Å²) in [6, 6.07) is 7.68. The van der Waals surface area contributed by atoms with Gasteiger partial charge in [0.1, 0.15) is 5.75 Å². The third-order valence-corrected chi connectivity index (χ3v) is 6.05. The molecule has 0 radical (unpaired) electrons. The van der Waals surface area contributed by atoms with Crippen molar-refractivity contribution < 1.29 is 9.53 Å². The zero-order valence-corrected chi connectivity index (χ0v) is 17.4. The summed E-state index contributed by atoms with van der Waals surface area (Å²) in [7, 11) is 0. The molecule has 0 aliphatic heterocycles. The van der Waals surface area contributed by atoms with Crippen LogP contribution in [0, 0.1) is 11.3 Å². The number of aromatic nitrogens is 1. The molecule has 0 bridgehead atoms. The lowest BCUT2D eigenvalue weighted by atomic mass is 9.73. The van der Waals surface area contributed by atoms with Crippen LogP contribution in [0.15, 0.2) is 30.3 Å². The second kappa shape index (κ2) is 8.26. The van der Waals surface area contributed by atoms with Gasteiger partial charge in [0.2, 0.25) is 5.91 Å². The minimum absolute atomic E-state index is 0.151. The van der Waals surface area contributed by atoms with Crippen LogP contribution < -0.4 is 10.1 Å². The highest BCUT2D eigenvalue weighted by atomic mass is 32.1. The Hall–Kier alpha value is -2.14. The van der Waals surface area contributed by atoms with Crippen LogP contribution in [0.1, 0.15) is 50.3 Å². The summed E-state index contributed by atoms with van der Waals surface area (Å²) in [5.74, 6) is 1.36. The molecule has 0 spiro atoms. The molecule has 1 atom stereocenters. The van der Waals surface area contributed by atoms with E-state index in [-0.39, 0.29) is 5.91 Å². The van der Waals surface area contributed by atoms with E-state index in [1.165, 1.54) is 11.3 Å². The number of hydrogen-bond acceptors (Lipinski definition) is 4. The largest absolute Gasteiger partial charge is 0.494 e. The number of nitrogens with zero attached hydrogens (tertiary/aromatic N) is 1. The normalized spacial score (nSPS) is 17.0. The van der Waals surface area contributed by atoms with Gasteiger partial charge in [-0.3, -0.25) is 10.1 Å². The average molecular weight is 385 g/mol. The molecule has 0 fully saturated rings. The van der Waals surface area contributed by atoms with Crippen LogP contribution in [0.5, 0.6) is 5.75 Å². The van der Waals surface area contributed by atoms with Gasteiger partial charge >= 0.3 is 0 Å². The molecule has 1 N–H and O–H groups in total. The molecule has 0 saturated carbocycles. The molecule has 1 aliphatic carbocycles. The van der Waals surface area contributed by atoms with E-state index in [2.05, 4.69) is 31.1 Å². The van der Waals surface area contributed by atoms with Gasteiger partial charge in [-0.05, 0) is 61.3 Å². The summed E-state index contributed by atoms with van der Waals surface area (Å²) in [5, 5.41) is 3.62. The first kappa shape index (κ1) is 19.6. The first-order valence-electron chi connectivity index (χ1n) is 9.55. The molecule has 5 heteroatoms. The Morgan fingerprint density at radius 2 is 2.07 bits per heavy atom.